The molecule has 0 unspecified atom stereocenters. The number of benzene rings is 4. The molecule has 0 saturated carbocycles. The summed E-state index contributed by atoms with van der Waals surface area (Å²) in [6.45, 7) is 6.04. The van der Waals surface area contributed by atoms with Gasteiger partial charge in [0.15, 0.2) is 0 Å². The molecule has 0 spiro atoms. The average Bonchev–Trinajstić information content (AvgIpc) is 3.26. The largest absolute Gasteiger partial charge is 0.274 e. The number of hydrogen-bond donors (Lipinski definition) is 1. The molecule has 2 atom stereocenters. The minimum atomic E-state index is -1.02. The number of imide groups is 1. The molecule has 3 aliphatic carbocycles. The van der Waals surface area contributed by atoms with E-state index in [1.807, 2.05) is 99.6 Å². The van der Waals surface area contributed by atoms with Crippen LogP contribution in [-0.2, 0) is 26.2 Å². The van der Waals surface area contributed by atoms with Crippen molar-refractivity contribution in [1.82, 2.24) is 5.43 Å². The van der Waals surface area contributed by atoms with Crippen molar-refractivity contribution in [3.05, 3.63) is 136 Å². The Balaban J connectivity index is 1.33. The second kappa shape index (κ2) is 9.62. The van der Waals surface area contributed by atoms with E-state index >= 15 is 0 Å². The Labute approximate surface area is 245 Å². The Kier molecular flexibility index (Phi) is 5.98. The molecule has 42 heavy (non-hydrogen) atoms. The molecule has 3 amide bonds. The Morgan fingerprint density at radius 1 is 0.833 bits per heavy atom. The number of carbonyl (C=O) groups excluding carboxylic acids is 3. The number of nitrogens with one attached hydrogen (secondary N) is 1. The van der Waals surface area contributed by atoms with Crippen LogP contribution < -0.4 is 10.3 Å². The van der Waals surface area contributed by atoms with Crippen molar-refractivity contribution in [2.24, 2.45) is 16.9 Å². The molecule has 8 rings (SSSR count). The molecular formula is C36H31N3O3. The summed E-state index contributed by atoms with van der Waals surface area (Å²) in [5.41, 5.74) is 10.5. The highest BCUT2D eigenvalue weighted by atomic mass is 16.2. The third kappa shape index (κ3) is 3.71. The predicted molar refractivity (Wildman–Crippen MR) is 162 cm³/mol. The number of amides is 3. The zero-order chi connectivity index (χ0) is 29.2. The SMILES string of the molecule is Cc1ccc(N2C(=O)[C@H]3C4c5ccccc5C(/C=N\NC(=O)Cc5ccc(C)c(C)c5)(c5ccccc54)[C@H]3C2=O)cc1. The van der Waals surface area contributed by atoms with E-state index in [1.54, 1.807) is 6.21 Å². The molecule has 4 aromatic carbocycles. The maximum atomic E-state index is 14.4. The van der Waals surface area contributed by atoms with E-state index in [4.69, 9.17) is 0 Å². The minimum absolute atomic E-state index is 0.186. The molecule has 1 aliphatic heterocycles. The lowest BCUT2D eigenvalue weighted by Crippen LogP contribution is -2.54. The lowest BCUT2D eigenvalue weighted by atomic mass is 9.47. The molecule has 0 radical (unpaired) electrons. The van der Waals surface area contributed by atoms with Gasteiger partial charge in [0.1, 0.15) is 0 Å². The van der Waals surface area contributed by atoms with Crippen LogP contribution in [0.15, 0.2) is 96.1 Å². The summed E-state index contributed by atoms with van der Waals surface area (Å²) in [5, 5.41) is 4.52. The maximum Gasteiger partial charge on any atom is 0.244 e. The lowest BCUT2D eigenvalue weighted by Gasteiger charge is -2.52. The van der Waals surface area contributed by atoms with Gasteiger partial charge in [-0.25, -0.2) is 10.3 Å². The van der Waals surface area contributed by atoms with Crippen LogP contribution in [0.25, 0.3) is 0 Å². The topological polar surface area (TPSA) is 78.8 Å². The molecule has 2 bridgehead atoms. The van der Waals surface area contributed by atoms with Crippen LogP contribution in [0, 0.1) is 32.6 Å². The number of nitrogens with zero attached hydrogens (tertiary/aromatic N) is 2. The number of anilines is 1. The Bertz CT molecular complexity index is 1760. The van der Waals surface area contributed by atoms with Gasteiger partial charge in [-0.15, -0.1) is 0 Å². The van der Waals surface area contributed by atoms with Crippen LogP contribution in [0.4, 0.5) is 5.69 Å². The van der Waals surface area contributed by atoms with Crippen LogP contribution in [-0.4, -0.2) is 23.9 Å². The van der Waals surface area contributed by atoms with Gasteiger partial charge in [0.25, 0.3) is 0 Å². The van der Waals surface area contributed by atoms with Gasteiger partial charge in [-0.05, 0) is 71.8 Å². The zero-order valence-electron chi connectivity index (χ0n) is 23.8. The molecule has 1 fully saturated rings. The number of aryl methyl sites for hydroxylation is 3. The first-order valence-electron chi connectivity index (χ1n) is 14.3. The van der Waals surface area contributed by atoms with Crippen LogP contribution in [0.3, 0.4) is 0 Å². The average molecular weight is 554 g/mol. The summed E-state index contributed by atoms with van der Waals surface area (Å²) in [6.07, 6.45) is 1.89. The lowest BCUT2D eigenvalue weighted by molar-refractivity contribution is -0.123. The van der Waals surface area contributed by atoms with Crippen molar-refractivity contribution in [3.63, 3.8) is 0 Å². The first-order valence-corrected chi connectivity index (χ1v) is 14.3. The monoisotopic (exact) mass is 553 g/mol. The second-order valence-electron chi connectivity index (χ2n) is 11.8. The Morgan fingerprint density at radius 3 is 2.12 bits per heavy atom. The van der Waals surface area contributed by atoms with Gasteiger partial charge >= 0.3 is 0 Å². The molecule has 6 heteroatoms. The van der Waals surface area contributed by atoms with Gasteiger partial charge in [0.05, 0.1) is 29.4 Å². The maximum absolute atomic E-state index is 14.4. The third-order valence-corrected chi connectivity index (χ3v) is 9.37. The van der Waals surface area contributed by atoms with Gasteiger partial charge in [0, 0.05) is 12.1 Å². The van der Waals surface area contributed by atoms with Gasteiger partial charge in [0.2, 0.25) is 17.7 Å². The molecule has 4 aliphatic rings. The normalized spacial score (nSPS) is 23.6. The van der Waals surface area contributed by atoms with E-state index in [-0.39, 0.29) is 30.1 Å². The predicted octanol–water partition coefficient (Wildman–Crippen LogP) is 5.51. The Morgan fingerprint density at radius 2 is 1.48 bits per heavy atom. The van der Waals surface area contributed by atoms with E-state index in [0.29, 0.717) is 5.69 Å². The summed E-state index contributed by atoms with van der Waals surface area (Å²) in [4.78, 5) is 43.0. The second-order valence-corrected chi connectivity index (χ2v) is 11.8. The van der Waals surface area contributed by atoms with Gasteiger partial charge < -0.3 is 0 Å². The zero-order valence-corrected chi connectivity index (χ0v) is 23.8. The standard InChI is InChI=1S/C36H31N3O3/c1-21-12-16-25(17-13-21)39-34(41)32-31-26-8-4-6-10-28(26)36(33(32)35(39)42,29-11-7-5-9-27(29)31)20-37-38-30(40)19-24-15-14-22(2)23(3)18-24/h4-18,20,31-33H,19H2,1-3H3,(H,38,40)/b37-20-/t31?,32-,33+,36?/m0/s1. The van der Waals surface area contributed by atoms with E-state index in [2.05, 4.69) is 22.7 Å². The molecular weight excluding hydrogens is 522 g/mol. The van der Waals surface area contributed by atoms with Gasteiger partial charge in [-0.1, -0.05) is 84.4 Å². The fourth-order valence-electron chi connectivity index (χ4n) is 7.34. The summed E-state index contributed by atoms with van der Waals surface area (Å²) >= 11 is 0. The van der Waals surface area contributed by atoms with Crippen LogP contribution >= 0.6 is 0 Å². The van der Waals surface area contributed by atoms with Crippen molar-refractivity contribution in [1.29, 1.82) is 0 Å². The first-order chi connectivity index (χ1) is 20.3. The van der Waals surface area contributed by atoms with Crippen LogP contribution in [0.2, 0.25) is 0 Å². The fourth-order valence-corrected chi connectivity index (χ4v) is 7.34. The van der Waals surface area contributed by atoms with Crippen LogP contribution in [0.1, 0.15) is 50.4 Å². The summed E-state index contributed by atoms with van der Waals surface area (Å²) in [6, 6.07) is 29.5. The van der Waals surface area contributed by atoms with Crippen molar-refractivity contribution in [2.45, 2.75) is 38.5 Å². The number of carbonyl (C=O) groups is 3. The van der Waals surface area contributed by atoms with E-state index < -0.39 is 17.3 Å². The van der Waals surface area contributed by atoms with Gasteiger partial charge in [-0.3, -0.25) is 14.4 Å². The highest BCUT2D eigenvalue weighted by Crippen LogP contribution is 2.63. The highest BCUT2D eigenvalue weighted by Gasteiger charge is 2.68. The quantitative estimate of drug-likeness (QED) is 0.201. The number of hydrogen-bond acceptors (Lipinski definition) is 4. The van der Waals surface area contributed by atoms with E-state index in [0.717, 1.165) is 38.9 Å². The number of hydrazone groups is 1. The minimum Gasteiger partial charge on any atom is -0.274 e. The third-order valence-electron chi connectivity index (χ3n) is 9.37. The van der Waals surface area contributed by atoms with Gasteiger partial charge in [-0.2, -0.15) is 5.10 Å². The van der Waals surface area contributed by atoms with Crippen LogP contribution in [0.5, 0.6) is 0 Å². The van der Waals surface area contributed by atoms with Crippen molar-refractivity contribution < 1.29 is 14.4 Å². The highest BCUT2D eigenvalue weighted by molar-refractivity contribution is 6.25. The molecule has 0 aromatic heterocycles. The Hall–Kier alpha value is -4.84. The van der Waals surface area contributed by atoms with Crippen molar-refractivity contribution in [2.75, 3.05) is 4.90 Å². The summed E-state index contributed by atoms with van der Waals surface area (Å²) < 4.78 is 0. The van der Waals surface area contributed by atoms with E-state index in [9.17, 15) is 14.4 Å². The smallest absolute Gasteiger partial charge is 0.244 e. The molecule has 1 saturated heterocycles. The number of rotatable bonds is 5. The fraction of sp³-hybridized carbons (Fsp3) is 0.222. The van der Waals surface area contributed by atoms with E-state index in [1.165, 1.54) is 10.5 Å². The molecule has 208 valence electrons. The molecule has 6 nitrogen and oxygen atoms in total. The first kappa shape index (κ1) is 26.1. The van der Waals surface area contributed by atoms with Crippen molar-refractivity contribution in [3.8, 4) is 0 Å². The summed E-state index contributed by atoms with van der Waals surface area (Å²) in [7, 11) is 0. The summed E-state index contributed by atoms with van der Waals surface area (Å²) in [5.74, 6) is -2.20. The molecule has 1 N–H and O–H groups in total. The van der Waals surface area contributed by atoms with Crippen molar-refractivity contribution >= 4 is 29.6 Å². The molecule has 4 aromatic rings. The molecule has 1 heterocycles.